The Hall–Kier alpha value is -3.64. The molecule has 0 spiro atoms. The molecule has 0 saturated heterocycles. The van der Waals surface area contributed by atoms with Gasteiger partial charge in [0.15, 0.2) is 0 Å². The number of imidazole rings is 1. The lowest BCUT2D eigenvalue weighted by Gasteiger charge is -2.26. The van der Waals surface area contributed by atoms with Crippen LogP contribution in [0.3, 0.4) is 0 Å². The van der Waals surface area contributed by atoms with Crippen molar-refractivity contribution in [1.29, 1.82) is 0 Å². The van der Waals surface area contributed by atoms with Crippen LogP contribution in [0.25, 0.3) is 10.8 Å². The van der Waals surface area contributed by atoms with Crippen molar-refractivity contribution in [1.82, 2.24) is 9.55 Å². The zero-order chi connectivity index (χ0) is 22.3. The van der Waals surface area contributed by atoms with Crippen molar-refractivity contribution in [2.75, 3.05) is 6.61 Å². The van der Waals surface area contributed by atoms with Gasteiger partial charge in [-0.25, -0.2) is 4.98 Å². The molecular formula is C26H27N3O3. The number of rotatable bonds is 10. The molecule has 0 radical (unpaired) electrons. The van der Waals surface area contributed by atoms with Crippen molar-refractivity contribution in [3.8, 4) is 5.75 Å². The fourth-order valence-electron chi connectivity index (χ4n) is 3.80. The van der Waals surface area contributed by atoms with E-state index >= 15 is 0 Å². The lowest BCUT2D eigenvalue weighted by Crippen LogP contribution is -2.26. The maximum atomic E-state index is 11.5. The van der Waals surface area contributed by atoms with Gasteiger partial charge in [0.1, 0.15) is 11.4 Å². The van der Waals surface area contributed by atoms with Crippen LogP contribution in [0.2, 0.25) is 0 Å². The summed E-state index contributed by atoms with van der Waals surface area (Å²) < 4.78 is 14.2. The molecule has 1 aromatic heterocycles. The van der Waals surface area contributed by atoms with E-state index in [4.69, 9.17) is 15.2 Å². The van der Waals surface area contributed by atoms with E-state index < -0.39 is 5.91 Å². The Morgan fingerprint density at radius 2 is 1.78 bits per heavy atom. The summed E-state index contributed by atoms with van der Waals surface area (Å²) in [6.45, 7) is 3.01. The predicted octanol–water partition coefficient (Wildman–Crippen LogP) is 4.75. The number of carbonyl (C=O) groups excluding carboxylic acids is 1. The molecule has 2 atom stereocenters. The molecule has 6 heteroatoms. The fourth-order valence-corrected chi connectivity index (χ4v) is 3.80. The standard InChI is InChI=1S/C26H27N3O3/c1-19(32-17-20-8-3-2-4-9-20)24(29-16-23(26(27)30)28-18-29)14-15-31-25-13-7-11-21-10-5-6-12-22(21)25/h2-13,16,18-19,24H,14-15,17H2,1H3,(H2,27,30)/t19-,24+/m0/s1. The number of primary amides is 1. The summed E-state index contributed by atoms with van der Waals surface area (Å²) in [5.41, 5.74) is 6.74. The number of nitrogens with two attached hydrogens (primary N) is 1. The first-order chi connectivity index (χ1) is 15.6. The Bertz CT molecular complexity index is 1170. The van der Waals surface area contributed by atoms with Gasteiger partial charge in [-0.3, -0.25) is 4.79 Å². The van der Waals surface area contributed by atoms with Gasteiger partial charge in [-0.1, -0.05) is 66.7 Å². The number of nitrogens with zero attached hydrogens (tertiary/aromatic N) is 2. The van der Waals surface area contributed by atoms with Gasteiger partial charge in [-0.2, -0.15) is 0 Å². The highest BCUT2D eigenvalue weighted by atomic mass is 16.5. The van der Waals surface area contributed by atoms with Crippen LogP contribution in [0.4, 0.5) is 0 Å². The van der Waals surface area contributed by atoms with Crippen LogP contribution in [0, 0.1) is 0 Å². The summed E-state index contributed by atoms with van der Waals surface area (Å²) in [5, 5.41) is 2.22. The van der Waals surface area contributed by atoms with Gasteiger partial charge in [0, 0.05) is 18.0 Å². The Morgan fingerprint density at radius 3 is 2.56 bits per heavy atom. The predicted molar refractivity (Wildman–Crippen MR) is 125 cm³/mol. The van der Waals surface area contributed by atoms with Crippen LogP contribution < -0.4 is 10.5 Å². The maximum absolute atomic E-state index is 11.5. The number of aromatic nitrogens is 2. The molecule has 3 aromatic carbocycles. The van der Waals surface area contributed by atoms with Crippen LogP contribution in [0.15, 0.2) is 85.3 Å². The van der Waals surface area contributed by atoms with E-state index in [0.29, 0.717) is 19.6 Å². The molecule has 32 heavy (non-hydrogen) atoms. The first kappa shape index (κ1) is 21.6. The Labute approximate surface area is 187 Å². The lowest BCUT2D eigenvalue weighted by molar-refractivity contribution is 0.0113. The second kappa shape index (κ2) is 10.1. The molecule has 0 aliphatic carbocycles. The normalized spacial score (nSPS) is 13.0. The van der Waals surface area contributed by atoms with Crippen LogP contribution in [0.5, 0.6) is 5.75 Å². The van der Waals surface area contributed by atoms with Crippen molar-refractivity contribution >= 4 is 16.7 Å². The zero-order valence-corrected chi connectivity index (χ0v) is 18.1. The van der Waals surface area contributed by atoms with Crippen molar-refractivity contribution in [2.24, 2.45) is 5.73 Å². The number of benzene rings is 3. The minimum absolute atomic E-state index is 0.0747. The van der Waals surface area contributed by atoms with Crippen molar-refractivity contribution < 1.29 is 14.3 Å². The molecule has 0 bridgehead atoms. The second-order valence-electron chi connectivity index (χ2n) is 7.75. The maximum Gasteiger partial charge on any atom is 0.268 e. The molecule has 2 N–H and O–H groups in total. The number of hydrogen-bond donors (Lipinski definition) is 1. The Kier molecular flexibility index (Phi) is 6.82. The minimum Gasteiger partial charge on any atom is -0.493 e. The first-order valence-electron chi connectivity index (χ1n) is 10.7. The molecule has 4 rings (SSSR count). The van der Waals surface area contributed by atoms with Crippen LogP contribution in [0.1, 0.15) is 35.4 Å². The van der Waals surface area contributed by atoms with E-state index in [1.807, 2.05) is 66.1 Å². The van der Waals surface area contributed by atoms with Crippen molar-refractivity contribution in [3.63, 3.8) is 0 Å². The molecule has 164 valence electrons. The molecule has 1 heterocycles. The van der Waals surface area contributed by atoms with Gasteiger partial charge in [-0.15, -0.1) is 0 Å². The van der Waals surface area contributed by atoms with Gasteiger partial charge in [0.25, 0.3) is 5.91 Å². The molecule has 0 saturated carbocycles. The number of fused-ring (bicyclic) bond motifs is 1. The third kappa shape index (κ3) is 5.15. The largest absolute Gasteiger partial charge is 0.493 e. The van der Waals surface area contributed by atoms with E-state index in [-0.39, 0.29) is 17.8 Å². The molecule has 0 unspecified atom stereocenters. The van der Waals surface area contributed by atoms with Gasteiger partial charge in [-0.05, 0) is 23.9 Å². The van der Waals surface area contributed by atoms with E-state index in [1.54, 1.807) is 12.5 Å². The number of amides is 1. The van der Waals surface area contributed by atoms with E-state index in [1.165, 1.54) is 0 Å². The number of hydrogen-bond acceptors (Lipinski definition) is 4. The summed E-state index contributed by atoms with van der Waals surface area (Å²) in [6.07, 6.45) is 3.84. The molecule has 0 aliphatic heterocycles. The molecule has 0 aliphatic rings. The summed E-state index contributed by atoms with van der Waals surface area (Å²) in [4.78, 5) is 15.7. The molecular weight excluding hydrogens is 402 g/mol. The number of ether oxygens (including phenoxy) is 2. The lowest BCUT2D eigenvalue weighted by atomic mass is 10.1. The Balaban J connectivity index is 1.47. The third-order valence-electron chi connectivity index (χ3n) is 5.56. The fraction of sp³-hybridized carbons (Fsp3) is 0.231. The van der Waals surface area contributed by atoms with Gasteiger partial charge in [0.05, 0.1) is 31.7 Å². The molecule has 1 amide bonds. The van der Waals surface area contributed by atoms with Gasteiger partial charge in [0.2, 0.25) is 0 Å². The highest BCUT2D eigenvalue weighted by Crippen LogP contribution is 2.27. The van der Waals surface area contributed by atoms with Gasteiger partial charge >= 0.3 is 0 Å². The minimum atomic E-state index is -0.549. The highest BCUT2D eigenvalue weighted by Gasteiger charge is 2.22. The molecule has 0 fully saturated rings. The SMILES string of the molecule is C[C@H](OCc1ccccc1)[C@@H](CCOc1cccc2ccccc12)n1cnc(C(N)=O)c1. The quantitative estimate of drug-likeness (QED) is 0.394. The monoisotopic (exact) mass is 429 g/mol. The Morgan fingerprint density at radius 1 is 1.03 bits per heavy atom. The average Bonchev–Trinajstić information content (AvgIpc) is 3.31. The van der Waals surface area contributed by atoms with Crippen LogP contribution in [-0.4, -0.2) is 28.2 Å². The number of carbonyl (C=O) groups is 1. The summed E-state index contributed by atoms with van der Waals surface area (Å²) >= 11 is 0. The molecule has 4 aromatic rings. The smallest absolute Gasteiger partial charge is 0.268 e. The highest BCUT2D eigenvalue weighted by molar-refractivity contribution is 5.90. The van der Waals surface area contributed by atoms with Crippen molar-refractivity contribution in [2.45, 2.75) is 32.1 Å². The summed E-state index contributed by atoms with van der Waals surface area (Å²) in [5.74, 6) is 0.301. The summed E-state index contributed by atoms with van der Waals surface area (Å²) in [7, 11) is 0. The van der Waals surface area contributed by atoms with Crippen LogP contribution >= 0.6 is 0 Å². The van der Waals surface area contributed by atoms with E-state index in [9.17, 15) is 4.79 Å². The zero-order valence-electron chi connectivity index (χ0n) is 18.1. The van der Waals surface area contributed by atoms with Gasteiger partial charge < -0.3 is 19.8 Å². The average molecular weight is 430 g/mol. The third-order valence-corrected chi connectivity index (χ3v) is 5.56. The van der Waals surface area contributed by atoms with E-state index in [2.05, 4.69) is 23.2 Å². The topological polar surface area (TPSA) is 79.4 Å². The summed E-state index contributed by atoms with van der Waals surface area (Å²) in [6, 6.07) is 24.2. The first-order valence-corrected chi connectivity index (χ1v) is 10.7. The van der Waals surface area contributed by atoms with Crippen molar-refractivity contribution in [3.05, 3.63) is 96.6 Å². The van der Waals surface area contributed by atoms with Crippen LogP contribution in [-0.2, 0) is 11.3 Å². The molecule has 6 nitrogen and oxygen atoms in total. The van der Waals surface area contributed by atoms with E-state index in [0.717, 1.165) is 22.1 Å². The second-order valence-corrected chi connectivity index (χ2v) is 7.75.